The number of halogens is 3. The van der Waals surface area contributed by atoms with Gasteiger partial charge in [-0.25, -0.2) is 14.4 Å². The Morgan fingerprint density at radius 2 is 1.57 bits per heavy atom. The van der Waals surface area contributed by atoms with Crippen molar-refractivity contribution in [2.45, 2.75) is 24.9 Å². The molecular formula is C23H17Cl2FN2O7. The minimum atomic E-state index is -1.19. The van der Waals surface area contributed by atoms with Gasteiger partial charge < -0.3 is 14.2 Å². The minimum absolute atomic E-state index is 0.0755. The van der Waals surface area contributed by atoms with Crippen LogP contribution in [0.3, 0.4) is 0 Å². The molecule has 0 aliphatic carbocycles. The number of aromatic nitrogens is 2. The molecule has 182 valence electrons. The van der Waals surface area contributed by atoms with Crippen LogP contribution in [0.5, 0.6) is 0 Å². The van der Waals surface area contributed by atoms with Crippen LogP contribution < -0.4 is 11.2 Å². The molecular weight excluding hydrogens is 506 g/mol. The van der Waals surface area contributed by atoms with Gasteiger partial charge in [-0.3, -0.25) is 14.3 Å². The largest absolute Gasteiger partial charge is 0.459 e. The van der Waals surface area contributed by atoms with Crippen LogP contribution in [0, 0.1) is 5.82 Å². The number of nitrogens with one attached hydrogen (secondary N) is 1. The fourth-order valence-corrected chi connectivity index (χ4v) is 3.69. The van der Waals surface area contributed by atoms with Gasteiger partial charge in [0.1, 0.15) is 25.0 Å². The zero-order chi connectivity index (χ0) is 25.1. The number of hydrogen-bond donors (Lipinski definition) is 1. The van der Waals surface area contributed by atoms with E-state index in [1.165, 1.54) is 48.5 Å². The molecule has 1 fully saturated rings. The smallest absolute Gasteiger partial charge is 0.338 e. The third-order valence-corrected chi connectivity index (χ3v) is 5.72. The summed E-state index contributed by atoms with van der Waals surface area (Å²) in [7, 11) is 0. The van der Waals surface area contributed by atoms with Crippen molar-refractivity contribution in [3.63, 3.8) is 0 Å². The molecule has 0 spiro atoms. The molecule has 0 saturated carbocycles. The first-order chi connectivity index (χ1) is 16.7. The number of carbonyl (C=O) groups is 2. The third kappa shape index (κ3) is 5.79. The zero-order valence-electron chi connectivity index (χ0n) is 17.8. The fourth-order valence-electron chi connectivity index (χ4n) is 3.44. The molecule has 1 aliphatic rings. The van der Waals surface area contributed by atoms with E-state index in [0.717, 1.165) is 4.57 Å². The van der Waals surface area contributed by atoms with E-state index >= 15 is 0 Å². The highest BCUT2D eigenvalue weighted by atomic mass is 35.5. The monoisotopic (exact) mass is 522 g/mol. The van der Waals surface area contributed by atoms with E-state index in [4.69, 9.17) is 37.4 Å². The quantitative estimate of drug-likeness (QED) is 0.493. The van der Waals surface area contributed by atoms with E-state index in [9.17, 15) is 23.6 Å². The van der Waals surface area contributed by atoms with Crippen molar-refractivity contribution in [3.05, 3.63) is 103 Å². The van der Waals surface area contributed by atoms with Crippen molar-refractivity contribution in [3.8, 4) is 0 Å². The van der Waals surface area contributed by atoms with Gasteiger partial charge in [0.25, 0.3) is 5.56 Å². The number of hydrogen-bond acceptors (Lipinski definition) is 7. The van der Waals surface area contributed by atoms with Crippen molar-refractivity contribution < 1.29 is 28.2 Å². The Labute approximate surface area is 207 Å². The highest BCUT2D eigenvalue weighted by Gasteiger charge is 2.40. The van der Waals surface area contributed by atoms with Crippen LogP contribution in [0.1, 0.15) is 33.4 Å². The van der Waals surface area contributed by atoms with Crippen molar-refractivity contribution >= 4 is 35.1 Å². The molecule has 2 aromatic carbocycles. The van der Waals surface area contributed by atoms with Gasteiger partial charge in [0.05, 0.1) is 17.3 Å². The number of H-pyrrole nitrogens is 1. The van der Waals surface area contributed by atoms with Crippen LogP contribution in [0.15, 0.2) is 64.3 Å². The average Bonchev–Trinajstić information content (AvgIpc) is 3.22. The Bertz CT molecular complexity index is 1360. The van der Waals surface area contributed by atoms with Gasteiger partial charge >= 0.3 is 17.6 Å². The molecule has 0 radical (unpaired) electrons. The normalized spacial score (nSPS) is 19.3. The van der Waals surface area contributed by atoms with Gasteiger partial charge in [-0.15, -0.1) is 0 Å². The maximum Gasteiger partial charge on any atom is 0.338 e. The van der Waals surface area contributed by atoms with Crippen molar-refractivity contribution in [2.24, 2.45) is 0 Å². The van der Waals surface area contributed by atoms with Crippen molar-refractivity contribution in [1.29, 1.82) is 0 Å². The van der Waals surface area contributed by atoms with E-state index in [1.807, 2.05) is 4.98 Å². The Balaban J connectivity index is 1.53. The lowest BCUT2D eigenvalue weighted by Gasteiger charge is -2.19. The van der Waals surface area contributed by atoms with Crippen molar-refractivity contribution in [1.82, 2.24) is 9.55 Å². The maximum absolute atomic E-state index is 13.8. The van der Waals surface area contributed by atoms with Gasteiger partial charge in [0.2, 0.25) is 5.82 Å². The molecule has 0 amide bonds. The Kier molecular flexibility index (Phi) is 7.34. The predicted octanol–water partition coefficient (Wildman–Crippen LogP) is 3.35. The van der Waals surface area contributed by atoms with Crippen LogP contribution >= 0.6 is 23.2 Å². The van der Waals surface area contributed by atoms with E-state index in [1.54, 1.807) is 0 Å². The molecule has 3 aromatic rings. The summed E-state index contributed by atoms with van der Waals surface area (Å²) in [5, 5.41) is 0.869. The summed E-state index contributed by atoms with van der Waals surface area (Å²) < 4.78 is 31.3. The van der Waals surface area contributed by atoms with Gasteiger partial charge in [-0.2, -0.15) is 4.39 Å². The second kappa shape index (κ2) is 10.4. The van der Waals surface area contributed by atoms with Gasteiger partial charge in [0, 0.05) is 16.5 Å². The molecule has 35 heavy (non-hydrogen) atoms. The molecule has 0 bridgehead atoms. The number of rotatable bonds is 6. The van der Waals surface area contributed by atoms with E-state index in [2.05, 4.69) is 0 Å². The van der Waals surface area contributed by atoms with Crippen LogP contribution in [0.2, 0.25) is 10.0 Å². The molecule has 1 aliphatic heterocycles. The van der Waals surface area contributed by atoms with Crippen LogP contribution in [0.4, 0.5) is 4.39 Å². The summed E-state index contributed by atoms with van der Waals surface area (Å²) in [5.74, 6) is -2.57. The summed E-state index contributed by atoms with van der Waals surface area (Å²) >= 11 is 11.7. The summed E-state index contributed by atoms with van der Waals surface area (Å²) in [4.78, 5) is 50.4. The van der Waals surface area contributed by atoms with Crippen LogP contribution in [-0.2, 0) is 14.2 Å². The first-order valence-corrected chi connectivity index (χ1v) is 11.0. The van der Waals surface area contributed by atoms with E-state index < -0.39 is 47.4 Å². The summed E-state index contributed by atoms with van der Waals surface area (Å²) in [6, 6.07) is 12.0. The van der Waals surface area contributed by atoms with Gasteiger partial charge in [0.15, 0.2) is 0 Å². The van der Waals surface area contributed by atoms with Gasteiger partial charge in [-0.05, 0) is 48.5 Å². The molecule has 2 heterocycles. The lowest BCUT2D eigenvalue weighted by Crippen LogP contribution is -2.34. The second-order valence-electron chi connectivity index (χ2n) is 7.56. The first kappa shape index (κ1) is 24.6. The second-order valence-corrected chi connectivity index (χ2v) is 8.44. The molecule has 12 heteroatoms. The van der Waals surface area contributed by atoms with Crippen LogP contribution in [0.25, 0.3) is 0 Å². The average molecular weight is 523 g/mol. The maximum atomic E-state index is 13.8. The van der Waals surface area contributed by atoms with Gasteiger partial charge in [-0.1, -0.05) is 23.2 Å². The zero-order valence-corrected chi connectivity index (χ0v) is 19.3. The standard InChI is InChI=1S/C23H17Cl2FN2O7/c24-14-5-1-12(2-6-14)21(30)33-11-18-17(35-22(31)13-3-7-15(25)8-4-13)9-19(34-18)28-10-16(26)20(29)27-23(28)32/h1-8,10,17-19H,9,11H2,(H,27,29,32)/t17-,18-,19+/m1/s1. The highest BCUT2D eigenvalue weighted by molar-refractivity contribution is 6.31. The van der Waals surface area contributed by atoms with E-state index in [-0.39, 0.29) is 24.2 Å². The molecule has 1 N–H and O–H groups in total. The Morgan fingerprint density at radius 1 is 1.00 bits per heavy atom. The summed E-state index contributed by atoms with van der Waals surface area (Å²) in [6.07, 6.45) is -2.44. The predicted molar refractivity (Wildman–Crippen MR) is 122 cm³/mol. The Morgan fingerprint density at radius 3 is 2.17 bits per heavy atom. The minimum Gasteiger partial charge on any atom is -0.459 e. The van der Waals surface area contributed by atoms with Crippen molar-refractivity contribution in [2.75, 3.05) is 6.61 Å². The topological polar surface area (TPSA) is 117 Å². The number of esters is 2. The first-order valence-electron chi connectivity index (χ1n) is 10.3. The van der Waals surface area contributed by atoms with Crippen LogP contribution in [-0.4, -0.2) is 40.3 Å². The Hall–Kier alpha value is -3.47. The lowest BCUT2D eigenvalue weighted by molar-refractivity contribution is -0.0584. The number of carbonyl (C=O) groups excluding carboxylic acids is 2. The summed E-state index contributed by atoms with van der Waals surface area (Å²) in [6.45, 7) is -0.336. The third-order valence-electron chi connectivity index (χ3n) is 5.21. The summed E-state index contributed by atoms with van der Waals surface area (Å²) in [5.41, 5.74) is -1.65. The number of aromatic amines is 1. The number of ether oxygens (including phenoxy) is 3. The molecule has 4 rings (SSSR count). The molecule has 3 atom stereocenters. The molecule has 1 aromatic heterocycles. The molecule has 9 nitrogen and oxygen atoms in total. The lowest BCUT2D eigenvalue weighted by atomic mass is 10.1. The molecule has 0 unspecified atom stereocenters. The highest BCUT2D eigenvalue weighted by Crippen LogP contribution is 2.31. The van der Waals surface area contributed by atoms with E-state index in [0.29, 0.717) is 16.2 Å². The molecule has 1 saturated heterocycles. The number of benzene rings is 2. The SMILES string of the molecule is O=C(OC[C@H]1O[C@H](n2cc(F)c(=O)[nH]c2=O)C[C@H]1OC(=O)c1ccc(Cl)cc1)c1ccc(Cl)cc1. The fraction of sp³-hybridized carbons (Fsp3) is 0.217. The number of nitrogens with zero attached hydrogens (tertiary/aromatic N) is 1.